The Hall–Kier alpha value is -3.54. The zero-order valence-electron chi connectivity index (χ0n) is 17.8. The molecule has 1 fully saturated rings. The van der Waals surface area contributed by atoms with Gasteiger partial charge in [-0.1, -0.05) is 18.2 Å². The second-order valence-corrected chi connectivity index (χ2v) is 8.34. The number of fused-ring (bicyclic) bond motifs is 1. The fourth-order valence-corrected chi connectivity index (χ4v) is 4.48. The van der Waals surface area contributed by atoms with Gasteiger partial charge in [0.25, 0.3) is 5.91 Å². The number of carbonyl (C=O) groups excluding carboxylic acids is 1. The number of rotatable bonds is 4. The Morgan fingerprint density at radius 2 is 2.10 bits per heavy atom. The second kappa shape index (κ2) is 7.95. The van der Waals surface area contributed by atoms with Gasteiger partial charge in [-0.15, -0.1) is 0 Å². The zero-order valence-corrected chi connectivity index (χ0v) is 17.8. The number of aryl methyl sites for hydroxylation is 2. The number of likely N-dealkylation sites (tertiary alicyclic amines) is 1. The van der Waals surface area contributed by atoms with E-state index in [2.05, 4.69) is 16.1 Å². The molecular formula is C25H25N5O. The van der Waals surface area contributed by atoms with Gasteiger partial charge in [-0.3, -0.25) is 14.5 Å². The fraction of sp³-hybridized carbons (Fsp3) is 0.280. The summed E-state index contributed by atoms with van der Waals surface area (Å²) in [6.07, 6.45) is 10.3. The van der Waals surface area contributed by atoms with Crippen molar-refractivity contribution in [1.82, 2.24) is 24.6 Å². The SMILES string of the molecule is Cc1ccc2c(C(=O)N3CCC[C@H]3Cc3cccnc3)cc(-c3cnn(C)c3)nc2c1. The summed E-state index contributed by atoms with van der Waals surface area (Å²) in [5, 5.41) is 5.18. The van der Waals surface area contributed by atoms with Crippen LogP contribution in [0, 0.1) is 6.92 Å². The number of nitrogens with zero attached hydrogens (tertiary/aromatic N) is 5. The van der Waals surface area contributed by atoms with Crippen LogP contribution in [0.4, 0.5) is 0 Å². The predicted octanol–water partition coefficient (Wildman–Crippen LogP) is 4.19. The van der Waals surface area contributed by atoms with E-state index in [0.717, 1.165) is 53.5 Å². The minimum atomic E-state index is 0.0767. The molecule has 1 aliphatic rings. The number of hydrogen-bond acceptors (Lipinski definition) is 4. The van der Waals surface area contributed by atoms with Gasteiger partial charge < -0.3 is 4.90 Å². The van der Waals surface area contributed by atoms with E-state index in [9.17, 15) is 4.79 Å². The van der Waals surface area contributed by atoms with Crippen LogP contribution in [0.2, 0.25) is 0 Å². The molecule has 0 radical (unpaired) electrons. The summed E-state index contributed by atoms with van der Waals surface area (Å²) in [6.45, 7) is 2.82. The molecule has 6 heteroatoms. The molecule has 1 amide bonds. The Bertz CT molecular complexity index is 1250. The number of pyridine rings is 2. The third-order valence-corrected chi connectivity index (χ3v) is 6.03. The van der Waals surface area contributed by atoms with Crippen molar-refractivity contribution >= 4 is 16.8 Å². The molecule has 5 rings (SSSR count). The van der Waals surface area contributed by atoms with Crippen LogP contribution in [-0.4, -0.2) is 43.1 Å². The van der Waals surface area contributed by atoms with Crippen molar-refractivity contribution in [1.29, 1.82) is 0 Å². The summed E-state index contributed by atoms with van der Waals surface area (Å²) in [5.41, 5.74) is 5.52. The fourth-order valence-electron chi connectivity index (χ4n) is 4.48. The van der Waals surface area contributed by atoms with Gasteiger partial charge in [-0.2, -0.15) is 5.10 Å². The van der Waals surface area contributed by atoms with Crippen LogP contribution in [0.1, 0.15) is 34.3 Å². The Kier molecular flexibility index (Phi) is 4.98. The quantitative estimate of drug-likeness (QED) is 0.505. The molecule has 156 valence electrons. The molecule has 1 aliphatic heterocycles. The highest BCUT2D eigenvalue weighted by Crippen LogP contribution is 2.29. The minimum Gasteiger partial charge on any atom is -0.335 e. The van der Waals surface area contributed by atoms with Crippen molar-refractivity contribution in [2.75, 3.05) is 6.54 Å². The Labute approximate surface area is 181 Å². The van der Waals surface area contributed by atoms with Crippen LogP contribution in [-0.2, 0) is 13.5 Å². The smallest absolute Gasteiger partial charge is 0.254 e. The molecule has 0 spiro atoms. The molecule has 1 aromatic carbocycles. The molecule has 0 N–H and O–H groups in total. The number of benzene rings is 1. The van der Waals surface area contributed by atoms with E-state index in [1.807, 2.05) is 61.6 Å². The van der Waals surface area contributed by atoms with E-state index >= 15 is 0 Å². The van der Waals surface area contributed by atoms with Crippen LogP contribution >= 0.6 is 0 Å². The molecule has 0 saturated carbocycles. The average molecular weight is 412 g/mol. The zero-order chi connectivity index (χ0) is 21.4. The van der Waals surface area contributed by atoms with Crippen molar-refractivity contribution in [3.63, 3.8) is 0 Å². The topological polar surface area (TPSA) is 63.9 Å². The molecule has 4 heterocycles. The van der Waals surface area contributed by atoms with Gasteiger partial charge in [0, 0.05) is 49.2 Å². The first-order valence-corrected chi connectivity index (χ1v) is 10.7. The van der Waals surface area contributed by atoms with Crippen molar-refractivity contribution < 1.29 is 4.79 Å². The van der Waals surface area contributed by atoms with E-state index in [-0.39, 0.29) is 11.9 Å². The molecule has 1 saturated heterocycles. The lowest BCUT2D eigenvalue weighted by Gasteiger charge is -2.25. The number of amides is 1. The maximum Gasteiger partial charge on any atom is 0.254 e. The van der Waals surface area contributed by atoms with Crippen molar-refractivity contribution in [3.05, 3.63) is 77.9 Å². The highest BCUT2D eigenvalue weighted by atomic mass is 16.2. The normalized spacial score (nSPS) is 16.2. The third-order valence-electron chi connectivity index (χ3n) is 6.03. The molecular weight excluding hydrogens is 386 g/mol. The average Bonchev–Trinajstić information content (AvgIpc) is 3.42. The first-order chi connectivity index (χ1) is 15.1. The maximum atomic E-state index is 13.8. The summed E-state index contributed by atoms with van der Waals surface area (Å²) in [7, 11) is 1.88. The molecule has 3 aromatic heterocycles. The Balaban J connectivity index is 1.55. The largest absolute Gasteiger partial charge is 0.335 e. The lowest BCUT2D eigenvalue weighted by molar-refractivity contribution is 0.0738. The lowest BCUT2D eigenvalue weighted by Crippen LogP contribution is -2.37. The summed E-state index contributed by atoms with van der Waals surface area (Å²) in [6, 6.07) is 12.3. The number of aromatic nitrogens is 4. The Morgan fingerprint density at radius 3 is 2.87 bits per heavy atom. The lowest BCUT2D eigenvalue weighted by atomic mass is 10.0. The predicted molar refractivity (Wildman–Crippen MR) is 121 cm³/mol. The molecule has 0 unspecified atom stereocenters. The Morgan fingerprint density at radius 1 is 1.19 bits per heavy atom. The van der Waals surface area contributed by atoms with Gasteiger partial charge in [0.1, 0.15) is 0 Å². The summed E-state index contributed by atoms with van der Waals surface area (Å²) >= 11 is 0. The standard InChI is InChI=1S/C25H25N5O/c1-17-7-8-21-22(13-23(28-24(21)11-17)19-15-27-29(2)16-19)25(31)30-10-4-6-20(30)12-18-5-3-9-26-14-18/h3,5,7-9,11,13-16,20H,4,6,10,12H2,1-2H3/t20-/m0/s1. The van der Waals surface area contributed by atoms with Gasteiger partial charge >= 0.3 is 0 Å². The van der Waals surface area contributed by atoms with Crippen LogP contribution in [0.15, 0.2) is 61.2 Å². The number of carbonyl (C=O) groups is 1. The van der Waals surface area contributed by atoms with Crippen molar-refractivity contribution in [2.45, 2.75) is 32.2 Å². The first kappa shape index (κ1) is 19.4. The molecule has 4 aromatic rings. The van der Waals surface area contributed by atoms with Gasteiger partial charge in [-0.25, -0.2) is 4.98 Å². The number of hydrogen-bond donors (Lipinski definition) is 0. The van der Waals surface area contributed by atoms with E-state index in [0.29, 0.717) is 5.56 Å². The first-order valence-electron chi connectivity index (χ1n) is 10.7. The highest BCUT2D eigenvalue weighted by molar-refractivity contribution is 6.07. The van der Waals surface area contributed by atoms with E-state index in [1.54, 1.807) is 17.1 Å². The van der Waals surface area contributed by atoms with E-state index in [1.165, 1.54) is 5.56 Å². The van der Waals surface area contributed by atoms with E-state index < -0.39 is 0 Å². The van der Waals surface area contributed by atoms with Gasteiger partial charge in [-0.05, 0) is 55.5 Å². The summed E-state index contributed by atoms with van der Waals surface area (Å²) in [5.74, 6) is 0.0767. The van der Waals surface area contributed by atoms with Crippen LogP contribution < -0.4 is 0 Å². The molecule has 1 atom stereocenters. The second-order valence-electron chi connectivity index (χ2n) is 8.34. The van der Waals surface area contributed by atoms with Gasteiger partial charge in [0.2, 0.25) is 0 Å². The minimum absolute atomic E-state index is 0.0767. The maximum absolute atomic E-state index is 13.8. The molecule has 31 heavy (non-hydrogen) atoms. The van der Waals surface area contributed by atoms with Gasteiger partial charge in [0.05, 0.1) is 23.0 Å². The summed E-state index contributed by atoms with van der Waals surface area (Å²) < 4.78 is 1.75. The summed E-state index contributed by atoms with van der Waals surface area (Å²) in [4.78, 5) is 24.9. The molecule has 6 nitrogen and oxygen atoms in total. The van der Waals surface area contributed by atoms with Crippen LogP contribution in [0.5, 0.6) is 0 Å². The van der Waals surface area contributed by atoms with E-state index in [4.69, 9.17) is 4.98 Å². The van der Waals surface area contributed by atoms with Crippen LogP contribution in [0.25, 0.3) is 22.2 Å². The third kappa shape index (κ3) is 3.81. The van der Waals surface area contributed by atoms with Crippen molar-refractivity contribution in [3.8, 4) is 11.3 Å². The molecule has 0 bridgehead atoms. The van der Waals surface area contributed by atoms with Crippen molar-refractivity contribution in [2.24, 2.45) is 7.05 Å². The molecule has 0 aliphatic carbocycles. The highest BCUT2D eigenvalue weighted by Gasteiger charge is 2.31. The van der Waals surface area contributed by atoms with Crippen LogP contribution in [0.3, 0.4) is 0 Å². The van der Waals surface area contributed by atoms with Gasteiger partial charge in [0.15, 0.2) is 0 Å². The monoisotopic (exact) mass is 411 g/mol.